The molecule has 0 fully saturated rings. The molecule has 0 aliphatic rings. The molecule has 0 atom stereocenters. The molecule has 1 aromatic rings. The van der Waals surface area contributed by atoms with Gasteiger partial charge in [-0.3, -0.25) is 4.79 Å². The van der Waals surface area contributed by atoms with Crippen molar-refractivity contribution in [1.29, 1.82) is 0 Å². The number of carbonyl (C=O) groups is 1. The summed E-state index contributed by atoms with van der Waals surface area (Å²) in [6.45, 7) is 6.34. The van der Waals surface area contributed by atoms with Gasteiger partial charge in [0.05, 0.1) is 0 Å². The Hall–Kier alpha value is -1.25. The SMILES string of the molecule is CC=CC=CC(=O)NCC(C)(C)c1c(Cl)cccc1Cl. The fraction of sp³-hybridized carbons (Fsp3) is 0.312. The summed E-state index contributed by atoms with van der Waals surface area (Å²) in [5, 5.41) is 4.08. The van der Waals surface area contributed by atoms with E-state index in [9.17, 15) is 4.79 Å². The maximum Gasteiger partial charge on any atom is 0.244 e. The molecule has 1 N–H and O–H groups in total. The normalized spacial score (nSPS) is 12.2. The van der Waals surface area contributed by atoms with E-state index in [-0.39, 0.29) is 11.3 Å². The summed E-state index contributed by atoms with van der Waals surface area (Å²) in [5.41, 5.74) is 0.501. The minimum Gasteiger partial charge on any atom is -0.352 e. The fourth-order valence-electron chi connectivity index (χ4n) is 1.85. The van der Waals surface area contributed by atoms with Gasteiger partial charge < -0.3 is 5.32 Å². The van der Waals surface area contributed by atoms with Crippen LogP contribution >= 0.6 is 23.2 Å². The van der Waals surface area contributed by atoms with Gasteiger partial charge in [0.2, 0.25) is 5.91 Å². The first-order chi connectivity index (χ1) is 9.38. The molecule has 1 aromatic carbocycles. The van der Waals surface area contributed by atoms with E-state index in [1.165, 1.54) is 6.08 Å². The van der Waals surface area contributed by atoms with Gasteiger partial charge in [0.15, 0.2) is 0 Å². The highest BCUT2D eigenvalue weighted by molar-refractivity contribution is 6.36. The van der Waals surface area contributed by atoms with Crippen LogP contribution in [0.2, 0.25) is 10.0 Å². The van der Waals surface area contributed by atoms with Gasteiger partial charge in [0.1, 0.15) is 0 Å². The van der Waals surface area contributed by atoms with E-state index in [0.29, 0.717) is 16.6 Å². The summed E-state index contributed by atoms with van der Waals surface area (Å²) >= 11 is 12.4. The number of halogens is 2. The van der Waals surface area contributed by atoms with Gasteiger partial charge in [0.25, 0.3) is 0 Å². The van der Waals surface area contributed by atoms with Crippen molar-refractivity contribution in [3.63, 3.8) is 0 Å². The third-order valence-electron chi connectivity index (χ3n) is 2.90. The molecule has 0 unspecified atom stereocenters. The Bertz CT molecular complexity index is 513. The lowest BCUT2D eigenvalue weighted by Crippen LogP contribution is -2.36. The van der Waals surface area contributed by atoms with Crippen molar-refractivity contribution >= 4 is 29.1 Å². The van der Waals surface area contributed by atoms with E-state index in [0.717, 1.165) is 5.56 Å². The molecule has 1 rings (SSSR count). The predicted molar refractivity (Wildman–Crippen MR) is 86.5 cm³/mol. The van der Waals surface area contributed by atoms with Crippen LogP contribution in [0.3, 0.4) is 0 Å². The first-order valence-electron chi connectivity index (χ1n) is 6.40. The quantitative estimate of drug-likeness (QED) is 0.628. The zero-order valence-corrected chi connectivity index (χ0v) is 13.4. The summed E-state index contributed by atoms with van der Waals surface area (Å²) in [6, 6.07) is 5.42. The lowest BCUT2D eigenvalue weighted by atomic mass is 9.84. The Labute approximate surface area is 130 Å². The van der Waals surface area contributed by atoms with E-state index >= 15 is 0 Å². The van der Waals surface area contributed by atoms with E-state index in [1.54, 1.807) is 24.3 Å². The number of hydrogen-bond donors (Lipinski definition) is 1. The molecule has 4 heteroatoms. The average molecular weight is 312 g/mol. The van der Waals surface area contributed by atoms with E-state index in [1.807, 2.05) is 32.9 Å². The third kappa shape index (κ3) is 4.69. The van der Waals surface area contributed by atoms with Crippen LogP contribution < -0.4 is 5.32 Å². The smallest absolute Gasteiger partial charge is 0.244 e. The van der Waals surface area contributed by atoms with Gasteiger partial charge in [-0.05, 0) is 24.6 Å². The number of benzene rings is 1. The molecule has 0 aliphatic carbocycles. The second-order valence-electron chi connectivity index (χ2n) is 5.08. The zero-order valence-electron chi connectivity index (χ0n) is 11.9. The highest BCUT2D eigenvalue weighted by Gasteiger charge is 2.26. The number of carbonyl (C=O) groups excluding carboxylic acids is 1. The van der Waals surface area contributed by atoms with E-state index < -0.39 is 0 Å². The molecule has 2 nitrogen and oxygen atoms in total. The first kappa shape index (κ1) is 16.8. The van der Waals surface area contributed by atoms with Crippen molar-refractivity contribution in [1.82, 2.24) is 5.32 Å². The Balaban J connectivity index is 2.78. The maximum absolute atomic E-state index is 11.7. The highest BCUT2D eigenvalue weighted by atomic mass is 35.5. The van der Waals surface area contributed by atoms with Gasteiger partial charge in [-0.1, -0.05) is 61.3 Å². The van der Waals surface area contributed by atoms with Crippen LogP contribution in [0, 0.1) is 0 Å². The predicted octanol–water partition coefficient (Wildman–Crippen LogP) is 4.52. The number of nitrogens with one attached hydrogen (secondary N) is 1. The largest absolute Gasteiger partial charge is 0.352 e. The second-order valence-corrected chi connectivity index (χ2v) is 5.90. The van der Waals surface area contributed by atoms with Gasteiger partial charge in [-0.25, -0.2) is 0 Å². The molecule has 0 saturated heterocycles. The van der Waals surface area contributed by atoms with E-state index in [2.05, 4.69) is 5.32 Å². The molecule has 0 bridgehead atoms. The summed E-state index contributed by atoms with van der Waals surface area (Å²) in [6.07, 6.45) is 6.85. The van der Waals surface area contributed by atoms with Gasteiger partial charge >= 0.3 is 0 Å². The van der Waals surface area contributed by atoms with Crippen molar-refractivity contribution < 1.29 is 4.79 Å². The van der Waals surface area contributed by atoms with Crippen LogP contribution in [-0.4, -0.2) is 12.5 Å². The number of hydrogen-bond acceptors (Lipinski definition) is 1. The molecular weight excluding hydrogens is 293 g/mol. The highest BCUT2D eigenvalue weighted by Crippen LogP contribution is 2.35. The molecule has 0 aliphatic heterocycles. The Morgan fingerprint density at radius 3 is 2.40 bits per heavy atom. The molecule has 0 aromatic heterocycles. The van der Waals surface area contributed by atoms with Crippen LogP contribution in [0.4, 0.5) is 0 Å². The molecule has 0 radical (unpaired) electrons. The van der Waals surface area contributed by atoms with Gasteiger partial charge in [-0.15, -0.1) is 0 Å². The lowest BCUT2D eigenvalue weighted by Gasteiger charge is -2.27. The van der Waals surface area contributed by atoms with Crippen LogP contribution in [0.25, 0.3) is 0 Å². The second kappa shape index (κ2) is 7.51. The molecule has 108 valence electrons. The standard InChI is InChI=1S/C16H19Cl2NO/c1-4-5-6-10-14(20)19-11-16(2,3)15-12(17)8-7-9-13(15)18/h4-10H,11H2,1-3H3,(H,19,20). The van der Waals surface area contributed by atoms with Crippen LogP contribution in [0.1, 0.15) is 26.3 Å². The van der Waals surface area contributed by atoms with Crippen molar-refractivity contribution in [2.45, 2.75) is 26.2 Å². The Morgan fingerprint density at radius 1 is 1.25 bits per heavy atom. The first-order valence-corrected chi connectivity index (χ1v) is 7.16. The van der Waals surface area contributed by atoms with Crippen molar-refractivity contribution in [3.05, 3.63) is 58.1 Å². The summed E-state index contributed by atoms with van der Waals surface area (Å²) in [5.74, 6) is -0.139. The Morgan fingerprint density at radius 2 is 1.85 bits per heavy atom. The Kier molecular flexibility index (Phi) is 6.31. The molecule has 0 saturated carbocycles. The minimum atomic E-state index is -0.348. The average Bonchev–Trinajstić information content (AvgIpc) is 2.36. The molecule has 20 heavy (non-hydrogen) atoms. The van der Waals surface area contributed by atoms with Crippen LogP contribution in [0.15, 0.2) is 42.5 Å². The monoisotopic (exact) mass is 311 g/mol. The topological polar surface area (TPSA) is 29.1 Å². The summed E-state index contributed by atoms with van der Waals surface area (Å²) < 4.78 is 0. The number of amides is 1. The molecule has 1 amide bonds. The summed E-state index contributed by atoms with van der Waals surface area (Å²) in [7, 11) is 0. The maximum atomic E-state index is 11.7. The van der Waals surface area contributed by atoms with Gasteiger partial charge in [0, 0.05) is 28.1 Å². The number of rotatable bonds is 5. The molecule has 0 spiro atoms. The van der Waals surface area contributed by atoms with Crippen molar-refractivity contribution in [2.75, 3.05) is 6.54 Å². The zero-order chi connectivity index (χ0) is 15.2. The lowest BCUT2D eigenvalue weighted by molar-refractivity contribution is -0.116. The van der Waals surface area contributed by atoms with Crippen LogP contribution in [0.5, 0.6) is 0 Å². The fourth-order valence-corrected chi connectivity index (χ4v) is 2.76. The number of allylic oxidation sites excluding steroid dienone is 3. The third-order valence-corrected chi connectivity index (χ3v) is 3.53. The minimum absolute atomic E-state index is 0.139. The van der Waals surface area contributed by atoms with Crippen molar-refractivity contribution in [2.24, 2.45) is 0 Å². The van der Waals surface area contributed by atoms with E-state index in [4.69, 9.17) is 23.2 Å². The molecular formula is C16H19Cl2NO. The van der Waals surface area contributed by atoms with Gasteiger partial charge in [-0.2, -0.15) is 0 Å². The van der Waals surface area contributed by atoms with Crippen LogP contribution in [-0.2, 0) is 10.2 Å². The molecule has 0 heterocycles. The summed E-state index contributed by atoms with van der Waals surface area (Å²) in [4.78, 5) is 11.7. The van der Waals surface area contributed by atoms with Crippen molar-refractivity contribution in [3.8, 4) is 0 Å².